The van der Waals surface area contributed by atoms with Crippen molar-refractivity contribution in [2.75, 3.05) is 20.3 Å². The van der Waals surface area contributed by atoms with Crippen molar-refractivity contribution in [3.63, 3.8) is 0 Å². The van der Waals surface area contributed by atoms with Crippen molar-refractivity contribution < 1.29 is 29.2 Å². The van der Waals surface area contributed by atoms with Crippen LogP contribution in [-0.4, -0.2) is 76.8 Å². The average molecular weight is 291 g/mol. The molecule has 9 heteroatoms. The lowest BCUT2D eigenvalue weighted by Gasteiger charge is -2.33. The van der Waals surface area contributed by atoms with Gasteiger partial charge in [0.1, 0.15) is 17.5 Å². The summed E-state index contributed by atoms with van der Waals surface area (Å²) >= 11 is 0. The zero-order valence-electron chi connectivity index (χ0n) is 10.9. The topological polar surface area (TPSA) is 121 Å². The molecular formula is C11H18FN3O5. The first kappa shape index (κ1) is 15.1. The molecule has 1 unspecified atom stereocenters. The lowest BCUT2D eigenvalue weighted by atomic mass is 9.97. The third kappa shape index (κ3) is 2.38. The fourth-order valence-corrected chi connectivity index (χ4v) is 2.29. The molecule has 2 aliphatic rings. The van der Waals surface area contributed by atoms with Crippen molar-refractivity contribution in [3.05, 3.63) is 12.3 Å². The maximum atomic E-state index is 14.2. The molecule has 0 aromatic carbocycles. The van der Waals surface area contributed by atoms with Gasteiger partial charge in [-0.3, -0.25) is 0 Å². The molecule has 20 heavy (non-hydrogen) atoms. The molecule has 5 atom stereocenters. The molecular weight excluding hydrogens is 273 g/mol. The summed E-state index contributed by atoms with van der Waals surface area (Å²) in [7, 11) is 1.34. The fourth-order valence-electron chi connectivity index (χ4n) is 2.29. The first-order chi connectivity index (χ1) is 9.45. The second-order valence-electron chi connectivity index (χ2n) is 4.72. The molecule has 0 bridgehead atoms. The monoisotopic (exact) mass is 291 g/mol. The molecule has 8 nitrogen and oxygen atoms in total. The number of hydrogen-bond acceptors (Lipinski definition) is 8. The lowest BCUT2D eigenvalue weighted by Crippen LogP contribution is -2.49. The highest BCUT2D eigenvalue weighted by Crippen LogP contribution is 2.36. The summed E-state index contributed by atoms with van der Waals surface area (Å²) in [5.74, 6) is 0.0908. The molecule has 0 amide bonds. The van der Waals surface area contributed by atoms with Gasteiger partial charge < -0.3 is 35.4 Å². The lowest BCUT2D eigenvalue weighted by molar-refractivity contribution is -0.181. The summed E-state index contributed by atoms with van der Waals surface area (Å²) in [4.78, 5) is 4.72. The van der Waals surface area contributed by atoms with E-state index in [1.54, 1.807) is 0 Å². The average Bonchev–Trinajstić information content (AvgIpc) is 2.65. The predicted molar refractivity (Wildman–Crippen MR) is 66.1 cm³/mol. The van der Waals surface area contributed by atoms with Crippen molar-refractivity contribution >= 4 is 5.84 Å². The molecule has 0 saturated carbocycles. The SMILES string of the molecule is COC[C@]1(CO)O[C@@H](N2C=CC(N)=NC2O)[C@H](F)[C@@H]1O. The van der Waals surface area contributed by atoms with Gasteiger partial charge in [-0.1, -0.05) is 0 Å². The molecule has 0 aliphatic carbocycles. The Balaban J connectivity index is 2.20. The smallest absolute Gasteiger partial charge is 0.229 e. The summed E-state index contributed by atoms with van der Waals surface area (Å²) < 4.78 is 24.5. The maximum absolute atomic E-state index is 14.2. The molecule has 2 rings (SSSR count). The second-order valence-corrected chi connectivity index (χ2v) is 4.72. The van der Waals surface area contributed by atoms with Crippen LogP contribution in [0.25, 0.3) is 0 Å². The maximum Gasteiger partial charge on any atom is 0.229 e. The second kappa shape index (κ2) is 5.62. The zero-order valence-corrected chi connectivity index (χ0v) is 10.9. The Labute approximate surface area is 114 Å². The minimum atomic E-state index is -1.86. The highest BCUT2D eigenvalue weighted by Gasteiger charge is 2.57. The minimum absolute atomic E-state index is 0.0908. The van der Waals surface area contributed by atoms with Gasteiger partial charge in [0.25, 0.3) is 0 Å². The molecule has 0 spiro atoms. The van der Waals surface area contributed by atoms with Gasteiger partial charge in [-0.05, 0) is 6.08 Å². The number of aliphatic hydroxyl groups is 3. The molecule has 1 saturated heterocycles. The number of aliphatic imine (C=N–C) groups is 1. The number of aliphatic hydroxyl groups excluding tert-OH is 3. The zero-order chi connectivity index (χ0) is 14.9. The van der Waals surface area contributed by atoms with Crippen molar-refractivity contribution in [1.82, 2.24) is 4.90 Å². The molecule has 114 valence electrons. The number of halogens is 1. The summed E-state index contributed by atoms with van der Waals surface area (Å²) in [6, 6.07) is 0. The minimum Gasteiger partial charge on any atom is -0.393 e. The van der Waals surface area contributed by atoms with Crippen LogP contribution in [0.1, 0.15) is 0 Å². The Kier molecular flexibility index (Phi) is 4.25. The third-order valence-corrected chi connectivity index (χ3v) is 3.37. The quantitative estimate of drug-likeness (QED) is 0.467. The molecule has 0 aromatic rings. The van der Waals surface area contributed by atoms with Gasteiger partial charge >= 0.3 is 0 Å². The van der Waals surface area contributed by atoms with Gasteiger partial charge in [0.15, 0.2) is 12.4 Å². The number of nitrogens with zero attached hydrogens (tertiary/aromatic N) is 2. The van der Waals surface area contributed by atoms with E-state index >= 15 is 0 Å². The van der Waals surface area contributed by atoms with Crippen LogP contribution < -0.4 is 5.73 Å². The highest BCUT2D eigenvalue weighted by molar-refractivity contribution is 5.91. The van der Waals surface area contributed by atoms with Gasteiger partial charge in [0.2, 0.25) is 6.35 Å². The Morgan fingerprint density at radius 2 is 2.30 bits per heavy atom. The van der Waals surface area contributed by atoms with Crippen LogP contribution in [-0.2, 0) is 9.47 Å². The van der Waals surface area contributed by atoms with E-state index in [0.717, 1.165) is 4.90 Å². The number of amidine groups is 1. The number of nitrogens with two attached hydrogens (primary N) is 1. The van der Waals surface area contributed by atoms with E-state index in [-0.39, 0.29) is 12.4 Å². The molecule has 5 N–H and O–H groups in total. The number of ether oxygens (including phenoxy) is 2. The van der Waals surface area contributed by atoms with E-state index in [2.05, 4.69) is 4.99 Å². The van der Waals surface area contributed by atoms with Crippen LogP contribution in [0, 0.1) is 0 Å². The van der Waals surface area contributed by atoms with Crippen LogP contribution in [0.2, 0.25) is 0 Å². The number of hydrogen-bond donors (Lipinski definition) is 4. The van der Waals surface area contributed by atoms with Crippen LogP contribution in [0.5, 0.6) is 0 Å². The first-order valence-corrected chi connectivity index (χ1v) is 6.02. The van der Waals surface area contributed by atoms with Gasteiger partial charge in [-0.15, -0.1) is 0 Å². The van der Waals surface area contributed by atoms with E-state index < -0.39 is 37.1 Å². The van der Waals surface area contributed by atoms with Crippen LogP contribution in [0.4, 0.5) is 4.39 Å². The van der Waals surface area contributed by atoms with E-state index in [9.17, 15) is 19.7 Å². The highest BCUT2D eigenvalue weighted by atomic mass is 19.1. The van der Waals surface area contributed by atoms with E-state index in [4.69, 9.17) is 15.2 Å². The fraction of sp³-hybridized carbons (Fsp3) is 0.727. The molecule has 2 heterocycles. The van der Waals surface area contributed by atoms with Crippen LogP contribution >= 0.6 is 0 Å². The van der Waals surface area contributed by atoms with Crippen LogP contribution in [0.15, 0.2) is 17.3 Å². The Morgan fingerprint density at radius 1 is 1.60 bits per heavy atom. The number of alkyl halides is 1. The third-order valence-electron chi connectivity index (χ3n) is 3.37. The first-order valence-electron chi connectivity index (χ1n) is 6.02. The van der Waals surface area contributed by atoms with Gasteiger partial charge in [-0.25, -0.2) is 9.38 Å². The summed E-state index contributed by atoms with van der Waals surface area (Å²) in [6.45, 7) is -0.821. The van der Waals surface area contributed by atoms with Crippen molar-refractivity contribution in [2.45, 2.75) is 30.5 Å². The molecule has 0 radical (unpaired) electrons. The summed E-state index contributed by atoms with van der Waals surface area (Å²) in [5.41, 5.74) is 3.82. The Bertz CT molecular complexity index is 421. The summed E-state index contributed by atoms with van der Waals surface area (Å²) in [6.07, 6.45) is -3.50. The van der Waals surface area contributed by atoms with Gasteiger partial charge in [0.05, 0.1) is 13.2 Å². The molecule has 2 aliphatic heterocycles. The predicted octanol–water partition coefficient (Wildman–Crippen LogP) is -2.12. The van der Waals surface area contributed by atoms with Gasteiger partial charge in [0, 0.05) is 13.3 Å². The van der Waals surface area contributed by atoms with Crippen molar-refractivity contribution in [2.24, 2.45) is 10.7 Å². The Morgan fingerprint density at radius 3 is 2.85 bits per heavy atom. The largest absolute Gasteiger partial charge is 0.393 e. The molecule has 1 fully saturated rings. The summed E-state index contributed by atoms with van der Waals surface area (Å²) in [5, 5.41) is 29.1. The molecule has 0 aromatic heterocycles. The van der Waals surface area contributed by atoms with Crippen LogP contribution in [0.3, 0.4) is 0 Å². The van der Waals surface area contributed by atoms with E-state index in [1.165, 1.54) is 19.4 Å². The normalized spacial score (nSPS) is 41.0. The number of methoxy groups -OCH3 is 1. The van der Waals surface area contributed by atoms with E-state index in [1.807, 2.05) is 0 Å². The van der Waals surface area contributed by atoms with E-state index in [0.29, 0.717) is 0 Å². The number of rotatable bonds is 4. The standard InChI is InChI=1S/C11H18FN3O5/c1-19-5-11(4-16)8(17)7(12)9(20-11)15-3-2-6(13)14-10(15)18/h2-3,7-10,16-18H,4-5H2,1H3,(H2,13,14)/t7-,8+,9-,10?,11+/m1/s1. The Hall–Kier alpha value is -1.26. The van der Waals surface area contributed by atoms with Crippen molar-refractivity contribution in [3.8, 4) is 0 Å². The van der Waals surface area contributed by atoms with Crippen molar-refractivity contribution in [1.29, 1.82) is 0 Å². The van der Waals surface area contributed by atoms with Gasteiger partial charge in [-0.2, -0.15) is 0 Å².